The van der Waals surface area contributed by atoms with Gasteiger partial charge in [0.25, 0.3) is 5.91 Å². The van der Waals surface area contributed by atoms with Gasteiger partial charge in [0.1, 0.15) is 15.8 Å². The fourth-order valence-electron chi connectivity index (χ4n) is 1.79. The molecule has 1 saturated heterocycles. The van der Waals surface area contributed by atoms with E-state index in [2.05, 4.69) is 5.32 Å². The Morgan fingerprint density at radius 2 is 2.00 bits per heavy atom. The number of furan rings is 1. The van der Waals surface area contributed by atoms with Gasteiger partial charge in [-0.2, -0.15) is 0 Å². The van der Waals surface area contributed by atoms with E-state index in [0.717, 1.165) is 5.56 Å². The molecule has 106 valence electrons. The van der Waals surface area contributed by atoms with Crippen LogP contribution in [0.15, 0.2) is 39.7 Å². The summed E-state index contributed by atoms with van der Waals surface area (Å²) in [5.74, 6) is 1.00. The van der Waals surface area contributed by atoms with E-state index in [-0.39, 0.29) is 5.91 Å². The van der Waals surface area contributed by atoms with Crippen LogP contribution in [-0.4, -0.2) is 10.2 Å². The van der Waals surface area contributed by atoms with E-state index in [1.807, 2.05) is 12.1 Å². The van der Waals surface area contributed by atoms with E-state index in [1.165, 1.54) is 11.8 Å². The lowest BCUT2D eigenvalue weighted by molar-refractivity contribution is -0.115. The van der Waals surface area contributed by atoms with E-state index in [1.54, 1.807) is 24.3 Å². The summed E-state index contributed by atoms with van der Waals surface area (Å²) in [6.07, 6.45) is 1.65. The Morgan fingerprint density at radius 3 is 2.67 bits per heavy atom. The maximum atomic E-state index is 11.6. The van der Waals surface area contributed by atoms with Crippen LogP contribution in [0.1, 0.15) is 5.76 Å². The summed E-state index contributed by atoms with van der Waals surface area (Å²) in [6, 6.07) is 8.84. The molecule has 0 radical (unpaired) electrons. The molecule has 1 aromatic carbocycles. The molecular formula is C14H7Cl2NO2S2. The molecule has 1 aliphatic rings. The molecule has 3 rings (SSSR count). The van der Waals surface area contributed by atoms with Crippen molar-refractivity contribution in [1.82, 2.24) is 5.32 Å². The standard InChI is InChI=1S/C14H7Cl2NO2S2/c15-9-3-1-7(5-10(9)16)11-4-2-8(19-11)6-12-13(18)17-14(20)21-12/h1-6H,(H,17,18,20)/b12-6+. The molecular weight excluding hydrogens is 349 g/mol. The second-order valence-corrected chi connectivity index (χ2v) is 6.72. The molecule has 1 N–H and O–H groups in total. The molecule has 1 fully saturated rings. The third kappa shape index (κ3) is 3.16. The number of amides is 1. The van der Waals surface area contributed by atoms with Crippen LogP contribution in [0, 0.1) is 0 Å². The molecule has 1 aromatic heterocycles. The van der Waals surface area contributed by atoms with Crippen LogP contribution in [0.4, 0.5) is 0 Å². The molecule has 0 unspecified atom stereocenters. The highest BCUT2D eigenvalue weighted by Gasteiger charge is 2.22. The third-order valence-corrected chi connectivity index (χ3v) is 4.65. The lowest BCUT2D eigenvalue weighted by atomic mass is 10.2. The smallest absolute Gasteiger partial charge is 0.263 e. The van der Waals surface area contributed by atoms with E-state index < -0.39 is 0 Å². The van der Waals surface area contributed by atoms with Crippen LogP contribution in [0.25, 0.3) is 17.4 Å². The molecule has 0 bridgehead atoms. The van der Waals surface area contributed by atoms with Crippen molar-refractivity contribution in [3.05, 3.63) is 51.0 Å². The maximum absolute atomic E-state index is 11.6. The number of halogens is 2. The first-order valence-electron chi connectivity index (χ1n) is 5.83. The van der Waals surface area contributed by atoms with Crippen molar-refractivity contribution in [2.75, 3.05) is 0 Å². The number of hydrogen-bond acceptors (Lipinski definition) is 4. The first-order chi connectivity index (χ1) is 10.0. The summed E-state index contributed by atoms with van der Waals surface area (Å²) in [5, 5.41) is 3.50. The highest BCUT2D eigenvalue weighted by Crippen LogP contribution is 2.31. The number of hydrogen-bond donors (Lipinski definition) is 1. The average molecular weight is 356 g/mol. The zero-order valence-corrected chi connectivity index (χ0v) is 13.5. The SMILES string of the molecule is O=C1NC(=S)S/C1=C/c1ccc(-c2ccc(Cl)c(Cl)c2)o1. The molecule has 0 aliphatic carbocycles. The Bertz CT molecular complexity index is 783. The molecule has 3 nitrogen and oxygen atoms in total. The monoisotopic (exact) mass is 355 g/mol. The lowest BCUT2D eigenvalue weighted by Gasteiger charge is -1.99. The van der Waals surface area contributed by atoms with Gasteiger partial charge in [-0.1, -0.05) is 47.2 Å². The molecule has 7 heteroatoms. The van der Waals surface area contributed by atoms with Crippen LogP contribution in [0.3, 0.4) is 0 Å². The van der Waals surface area contributed by atoms with Crippen LogP contribution in [-0.2, 0) is 4.79 Å². The van der Waals surface area contributed by atoms with Gasteiger partial charge in [0, 0.05) is 11.6 Å². The summed E-state index contributed by atoms with van der Waals surface area (Å²) < 4.78 is 6.14. The zero-order chi connectivity index (χ0) is 15.0. The molecule has 1 amide bonds. The minimum absolute atomic E-state index is 0.211. The van der Waals surface area contributed by atoms with Gasteiger partial charge in [-0.25, -0.2) is 0 Å². The number of nitrogens with one attached hydrogen (secondary N) is 1. The van der Waals surface area contributed by atoms with Crippen molar-refractivity contribution in [3.63, 3.8) is 0 Å². The highest BCUT2D eigenvalue weighted by atomic mass is 35.5. The molecule has 2 heterocycles. The fraction of sp³-hybridized carbons (Fsp3) is 0. The second kappa shape index (κ2) is 5.85. The largest absolute Gasteiger partial charge is 0.457 e. The van der Waals surface area contributed by atoms with Crippen molar-refractivity contribution in [1.29, 1.82) is 0 Å². The van der Waals surface area contributed by atoms with E-state index in [9.17, 15) is 4.79 Å². The van der Waals surface area contributed by atoms with Crippen molar-refractivity contribution in [2.45, 2.75) is 0 Å². The Balaban J connectivity index is 1.90. The van der Waals surface area contributed by atoms with Gasteiger partial charge >= 0.3 is 0 Å². The van der Waals surface area contributed by atoms with E-state index in [0.29, 0.717) is 30.8 Å². The van der Waals surface area contributed by atoms with Crippen molar-refractivity contribution >= 4 is 63.5 Å². The number of thioether (sulfide) groups is 1. The van der Waals surface area contributed by atoms with Crippen LogP contribution in [0.2, 0.25) is 10.0 Å². The van der Waals surface area contributed by atoms with Crippen LogP contribution in [0.5, 0.6) is 0 Å². The summed E-state index contributed by atoms with van der Waals surface area (Å²) in [4.78, 5) is 12.1. The van der Waals surface area contributed by atoms with E-state index in [4.69, 9.17) is 39.8 Å². The number of carbonyl (C=O) groups is 1. The quantitative estimate of drug-likeness (QED) is 0.623. The number of thiocarbonyl (C=S) groups is 1. The molecule has 1 aliphatic heterocycles. The van der Waals surface area contributed by atoms with Gasteiger partial charge in [0.15, 0.2) is 0 Å². The summed E-state index contributed by atoms with van der Waals surface area (Å²) in [6.45, 7) is 0. The number of benzene rings is 1. The van der Waals surface area contributed by atoms with Gasteiger partial charge in [-0.05, 0) is 30.3 Å². The van der Waals surface area contributed by atoms with Crippen molar-refractivity contribution in [2.24, 2.45) is 0 Å². The minimum atomic E-state index is -0.211. The van der Waals surface area contributed by atoms with E-state index >= 15 is 0 Å². The predicted octanol–water partition coefficient (Wildman–Crippen LogP) is 4.74. The van der Waals surface area contributed by atoms with Crippen molar-refractivity contribution in [3.8, 4) is 11.3 Å². The summed E-state index contributed by atoms with van der Waals surface area (Å²) >= 11 is 18.0. The zero-order valence-electron chi connectivity index (χ0n) is 10.4. The average Bonchev–Trinajstić information content (AvgIpc) is 3.01. The number of carbonyl (C=O) groups excluding carboxylic acids is 1. The number of rotatable bonds is 2. The second-order valence-electron chi connectivity index (χ2n) is 4.18. The van der Waals surface area contributed by atoms with Gasteiger partial charge in [0.05, 0.1) is 15.0 Å². The van der Waals surface area contributed by atoms with Gasteiger partial charge in [-0.3, -0.25) is 4.79 Å². The van der Waals surface area contributed by atoms with Crippen LogP contribution >= 0.6 is 47.2 Å². The molecule has 2 aromatic rings. The third-order valence-electron chi connectivity index (χ3n) is 2.75. The first-order valence-corrected chi connectivity index (χ1v) is 7.81. The lowest BCUT2D eigenvalue weighted by Crippen LogP contribution is -2.17. The Morgan fingerprint density at radius 1 is 1.19 bits per heavy atom. The van der Waals surface area contributed by atoms with Gasteiger partial charge < -0.3 is 9.73 Å². The Labute approximate surface area is 140 Å². The fourth-order valence-corrected chi connectivity index (χ4v) is 3.11. The maximum Gasteiger partial charge on any atom is 0.263 e. The topological polar surface area (TPSA) is 42.2 Å². The molecule has 0 atom stereocenters. The first kappa shape index (κ1) is 14.7. The predicted molar refractivity (Wildman–Crippen MR) is 90.5 cm³/mol. The molecule has 0 saturated carbocycles. The molecule has 0 spiro atoms. The van der Waals surface area contributed by atoms with Crippen molar-refractivity contribution < 1.29 is 9.21 Å². The normalized spacial score (nSPS) is 16.6. The summed E-state index contributed by atoms with van der Waals surface area (Å²) in [5.41, 5.74) is 0.813. The Hall–Kier alpha value is -1.27. The summed E-state index contributed by atoms with van der Waals surface area (Å²) in [7, 11) is 0. The van der Waals surface area contributed by atoms with Gasteiger partial charge in [0.2, 0.25) is 0 Å². The minimum Gasteiger partial charge on any atom is -0.457 e. The Kier molecular flexibility index (Phi) is 4.08. The van der Waals surface area contributed by atoms with Crippen LogP contribution < -0.4 is 5.32 Å². The van der Waals surface area contributed by atoms with Gasteiger partial charge in [-0.15, -0.1) is 0 Å². The molecule has 21 heavy (non-hydrogen) atoms. The highest BCUT2D eigenvalue weighted by molar-refractivity contribution is 8.26.